The SMILES string of the molecule is Cc1ccc2c(c1)CCC1(C)[C@]3(C)CCC(C)C3(C)CC[C@]21C. The molecule has 0 amide bonds. The monoisotopic (exact) mass is 310 g/mol. The summed E-state index contributed by atoms with van der Waals surface area (Å²) in [5.41, 5.74) is 6.55. The molecule has 1 aromatic carbocycles. The number of hydrogen-bond donors (Lipinski definition) is 0. The predicted octanol–water partition coefficient (Wildman–Crippen LogP) is 6.44. The van der Waals surface area contributed by atoms with E-state index in [-0.39, 0.29) is 0 Å². The molecule has 0 heteroatoms. The van der Waals surface area contributed by atoms with Gasteiger partial charge in [-0.25, -0.2) is 0 Å². The molecule has 0 bridgehead atoms. The highest BCUT2D eigenvalue weighted by molar-refractivity contribution is 5.43. The van der Waals surface area contributed by atoms with E-state index in [0.717, 1.165) is 5.92 Å². The van der Waals surface area contributed by atoms with Crippen LogP contribution in [-0.2, 0) is 11.8 Å². The lowest BCUT2D eigenvalue weighted by Crippen LogP contribution is -2.62. The third kappa shape index (κ3) is 1.59. The van der Waals surface area contributed by atoms with Gasteiger partial charge in [0.2, 0.25) is 0 Å². The fourth-order valence-electron chi connectivity index (χ4n) is 7.31. The Morgan fingerprint density at radius 1 is 0.913 bits per heavy atom. The van der Waals surface area contributed by atoms with Gasteiger partial charge in [0.05, 0.1) is 0 Å². The first kappa shape index (κ1) is 15.7. The second kappa shape index (κ2) is 4.44. The summed E-state index contributed by atoms with van der Waals surface area (Å²) in [6.07, 6.45) is 8.29. The van der Waals surface area contributed by atoms with Crippen molar-refractivity contribution >= 4 is 0 Å². The zero-order chi connectivity index (χ0) is 16.7. The molecule has 5 atom stereocenters. The summed E-state index contributed by atoms with van der Waals surface area (Å²) in [5, 5.41) is 0. The van der Waals surface area contributed by atoms with Gasteiger partial charge in [-0.3, -0.25) is 0 Å². The van der Waals surface area contributed by atoms with Crippen LogP contribution in [0, 0.1) is 29.1 Å². The molecule has 0 saturated heterocycles. The smallest absolute Gasteiger partial charge is 0.00131 e. The molecule has 23 heavy (non-hydrogen) atoms. The maximum atomic E-state index is 2.66. The van der Waals surface area contributed by atoms with Crippen LogP contribution in [0.1, 0.15) is 83.4 Å². The molecule has 0 N–H and O–H groups in total. The van der Waals surface area contributed by atoms with Crippen LogP contribution in [0.4, 0.5) is 0 Å². The van der Waals surface area contributed by atoms with Crippen molar-refractivity contribution in [3.63, 3.8) is 0 Å². The molecule has 2 saturated carbocycles. The van der Waals surface area contributed by atoms with E-state index in [4.69, 9.17) is 0 Å². The van der Waals surface area contributed by atoms with Crippen LogP contribution in [0.25, 0.3) is 0 Å². The average Bonchev–Trinajstić information content (AvgIpc) is 2.75. The number of aryl methyl sites for hydroxylation is 2. The largest absolute Gasteiger partial charge is 0.0620 e. The van der Waals surface area contributed by atoms with Gasteiger partial charge in [0.25, 0.3) is 0 Å². The highest BCUT2D eigenvalue weighted by atomic mass is 14.7. The summed E-state index contributed by atoms with van der Waals surface area (Å²) >= 11 is 0. The number of hydrogen-bond acceptors (Lipinski definition) is 0. The fourth-order valence-corrected chi connectivity index (χ4v) is 7.31. The fraction of sp³-hybridized carbons (Fsp3) is 0.739. The van der Waals surface area contributed by atoms with Gasteiger partial charge in [-0.15, -0.1) is 0 Å². The van der Waals surface area contributed by atoms with Gasteiger partial charge in [0, 0.05) is 0 Å². The lowest BCUT2D eigenvalue weighted by molar-refractivity contribution is -0.148. The van der Waals surface area contributed by atoms with E-state index in [2.05, 4.69) is 59.7 Å². The van der Waals surface area contributed by atoms with Crippen molar-refractivity contribution in [1.82, 2.24) is 0 Å². The molecule has 3 aliphatic rings. The highest BCUT2D eigenvalue weighted by Crippen LogP contribution is 2.76. The van der Waals surface area contributed by atoms with Crippen LogP contribution in [0.15, 0.2) is 18.2 Å². The van der Waals surface area contributed by atoms with E-state index < -0.39 is 0 Å². The normalized spacial score (nSPS) is 48.5. The highest BCUT2D eigenvalue weighted by Gasteiger charge is 2.69. The van der Waals surface area contributed by atoms with Crippen LogP contribution in [0.2, 0.25) is 0 Å². The van der Waals surface area contributed by atoms with E-state index in [1.54, 1.807) is 11.1 Å². The molecule has 0 spiro atoms. The Balaban J connectivity index is 1.91. The zero-order valence-electron chi connectivity index (χ0n) is 16.1. The molecular formula is C23H34. The van der Waals surface area contributed by atoms with Gasteiger partial charge in [0.15, 0.2) is 0 Å². The molecular weight excluding hydrogens is 276 g/mol. The molecule has 0 aliphatic heterocycles. The lowest BCUT2D eigenvalue weighted by Gasteiger charge is -2.68. The Morgan fingerprint density at radius 3 is 2.39 bits per heavy atom. The summed E-state index contributed by atoms with van der Waals surface area (Å²) in [7, 11) is 0. The Bertz CT molecular complexity index is 658. The van der Waals surface area contributed by atoms with E-state index in [1.807, 2.05) is 0 Å². The van der Waals surface area contributed by atoms with Crippen LogP contribution in [0.5, 0.6) is 0 Å². The molecule has 0 aromatic heterocycles. The maximum absolute atomic E-state index is 2.66. The maximum Gasteiger partial charge on any atom is -0.00131 e. The number of rotatable bonds is 0. The predicted molar refractivity (Wildman–Crippen MR) is 98.8 cm³/mol. The molecule has 1 aromatic rings. The van der Waals surface area contributed by atoms with E-state index in [1.165, 1.54) is 44.1 Å². The Morgan fingerprint density at radius 2 is 1.65 bits per heavy atom. The van der Waals surface area contributed by atoms with Gasteiger partial charge in [-0.1, -0.05) is 58.4 Å². The van der Waals surface area contributed by atoms with Crippen LogP contribution in [-0.4, -0.2) is 0 Å². The molecule has 0 radical (unpaired) electrons. The molecule has 0 nitrogen and oxygen atoms in total. The number of benzene rings is 1. The minimum Gasteiger partial charge on any atom is -0.0620 e. The van der Waals surface area contributed by atoms with Crippen molar-refractivity contribution in [1.29, 1.82) is 0 Å². The molecule has 2 fully saturated rings. The van der Waals surface area contributed by atoms with Crippen LogP contribution < -0.4 is 0 Å². The third-order valence-electron chi connectivity index (χ3n) is 9.76. The molecule has 0 heterocycles. The number of fused-ring (bicyclic) bond motifs is 5. The minimum atomic E-state index is 0.354. The summed E-state index contributed by atoms with van der Waals surface area (Å²) in [5.74, 6) is 0.883. The first-order valence-corrected chi connectivity index (χ1v) is 9.78. The molecule has 4 rings (SSSR count). The van der Waals surface area contributed by atoms with Gasteiger partial charge in [-0.2, -0.15) is 0 Å². The first-order chi connectivity index (χ1) is 10.7. The second-order valence-corrected chi connectivity index (χ2v) is 10.0. The standard InChI is InChI=1S/C23H34/c1-16-7-8-19-18(15-16)10-12-23(6)21(19,4)14-13-20(3)17(2)9-11-22(20,23)5/h7-8,15,17H,9-14H2,1-6H3/t17?,20?,21-,22-,23?/m1/s1. The van der Waals surface area contributed by atoms with Gasteiger partial charge in [0.1, 0.15) is 0 Å². The van der Waals surface area contributed by atoms with Gasteiger partial charge < -0.3 is 0 Å². The van der Waals surface area contributed by atoms with Crippen molar-refractivity contribution < 1.29 is 0 Å². The Hall–Kier alpha value is -0.780. The third-order valence-corrected chi connectivity index (χ3v) is 9.76. The van der Waals surface area contributed by atoms with Crippen molar-refractivity contribution in [2.24, 2.45) is 22.2 Å². The summed E-state index contributed by atoms with van der Waals surface area (Å²) in [6.45, 7) is 15.3. The van der Waals surface area contributed by atoms with E-state index in [9.17, 15) is 0 Å². The molecule has 126 valence electrons. The van der Waals surface area contributed by atoms with Crippen molar-refractivity contribution in [3.8, 4) is 0 Å². The van der Waals surface area contributed by atoms with Crippen molar-refractivity contribution in [2.45, 2.75) is 85.5 Å². The molecule has 3 unspecified atom stereocenters. The van der Waals surface area contributed by atoms with Crippen molar-refractivity contribution in [3.05, 3.63) is 34.9 Å². The van der Waals surface area contributed by atoms with Crippen LogP contribution in [0.3, 0.4) is 0 Å². The summed E-state index contributed by atoms with van der Waals surface area (Å²) in [4.78, 5) is 0. The quantitative estimate of drug-likeness (QED) is 0.517. The zero-order valence-corrected chi connectivity index (χ0v) is 16.1. The van der Waals surface area contributed by atoms with Gasteiger partial charge in [-0.05, 0) is 84.2 Å². The topological polar surface area (TPSA) is 0 Å². The van der Waals surface area contributed by atoms with E-state index in [0.29, 0.717) is 21.7 Å². The first-order valence-electron chi connectivity index (χ1n) is 9.78. The summed E-state index contributed by atoms with van der Waals surface area (Å²) < 4.78 is 0. The lowest BCUT2D eigenvalue weighted by atomic mass is 9.36. The average molecular weight is 311 g/mol. The summed E-state index contributed by atoms with van der Waals surface area (Å²) in [6, 6.07) is 7.29. The van der Waals surface area contributed by atoms with E-state index >= 15 is 0 Å². The Kier molecular flexibility index (Phi) is 3.03. The minimum absolute atomic E-state index is 0.354. The van der Waals surface area contributed by atoms with Crippen molar-refractivity contribution in [2.75, 3.05) is 0 Å². The Labute approximate surface area is 143 Å². The van der Waals surface area contributed by atoms with Crippen LogP contribution >= 0.6 is 0 Å². The molecule has 3 aliphatic carbocycles. The van der Waals surface area contributed by atoms with Gasteiger partial charge >= 0.3 is 0 Å². The second-order valence-electron chi connectivity index (χ2n) is 10.0.